The van der Waals surface area contributed by atoms with Gasteiger partial charge in [0.1, 0.15) is 6.04 Å². The number of aromatic nitrogens is 1. The third-order valence-corrected chi connectivity index (χ3v) is 5.87. The standard InChI is InChI=1S/C18H24N4O2S/c1-3-12(2)19-18(24)21-16(23)11-22-10-6-8-14(22)17-20-13-7-4-5-9-15(13)25-17/h4-5,7,9,12,14H,3,6,8,10-11H2,1-2H3,(H2,19,21,23,24)/p+1/t12-,14+/m0/s1. The van der Waals surface area contributed by atoms with Crippen LogP contribution in [0.15, 0.2) is 24.3 Å². The van der Waals surface area contributed by atoms with Crippen LogP contribution in [0.3, 0.4) is 0 Å². The fourth-order valence-corrected chi connectivity index (χ4v) is 4.36. The van der Waals surface area contributed by atoms with E-state index in [1.165, 1.54) is 9.60 Å². The van der Waals surface area contributed by atoms with Crippen molar-refractivity contribution in [3.05, 3.63) is 29.3 Å². The third-order valence-electron chi connectivity index (χ3n) is 4.72. The van der Waals surface area contributed by atoms with Crippen LogP contribution in [0.1, 0.15) is 44.2 Å². The van der Waals surface area contributed by atoms with E-state index >= 15 is 0 Å². The molecule has 1 aromatic carbocycles. The van der Waals surface area contributed by atoms with Gasteiger partial charge in [-0.1, -0.05) is 19.1 Å². The summed E-state index contributed by atoms with van der Waals surface area (Å²) in [5.41, 5.74) is 1.02. The number of imide groups is 1. The molecule has 7 heteroatoms. The molecule has 134 valence electrons. The summed E-state index contributed by atoms with van der Waals surface area (Å²) in [5.74, 6) is -0.233. The highest BCUT2D eigenvalue weighted by molar-refractivity contribution is 7.18. The average Bonchev–Trinajstić information content (AvgIpc) is 3.20. The molecule has 0 aliphatic carbocycles. The van der Waals surface area contributed by atoms with Crippen LogP contribution in [-0.2, 0) is 4.79 Å². The Labute approximate surface area is 151 Å². The largest absolute Gasteiger partial charge is 0.335 e. The highest BCUT2D eigenvalue weighted by Crippen LogP contribution is 2.28. The van der Waals surface area contributed by atoms with E-state index in [1.54, 1.807) is 11.3 Å². The summed E-state index contributed by atoms with van der Waals surface area (Å²) >= 11 is 1.71. The molecular formula is C18H25N4O2S+. The van der Waals surface area contributed by atoms with Crippen LogP contribution in [0.5, 0.6) is 0 Å². The monoisotopic (exact) mass is 361 g/mol. The van der Waals surface area contributed by atoms with Crippen LogP contribution in [0.2, 0.25) is 0 Å². The Hall–Kier alpha value is -1.99. The first-order valence-corrected chi connectivity index (χ1v) is 9.69. The summed E-state index contributed by atoms with van der Waals surface area (Å²) in [7, 11) is 0. The number of para-hydroxylation sites is 1. The molecule has 1 aromatic heterocycles. The van der Waals surface area contributed by atoms with Gasteiger partial charge in [0.2, 0.25) is 0 Å². The highest BCUT2D eigenvalue weighted by atomic mass is 32.1. The van der Waals surface area contributed by atoms with Crippen molar-refractivity contribution >= 4 is 33.5 Å². The first-order chi connectivity index (χ1) is 12.1. The predicted molar refractivity (Wildman–Crippen MR) is 98.7 cm³/mol. The smallest absolute Gasteiger partial charge is 0.321 e. The van der Waals surface area contributed by atoms with E-state index in [-0.39, 0.29) is 18.0 Å². The highest BCUT2D eigenvalue weighted by Gasteiger charge is 2.34. The normalized spacial score (nSPS) is 21.2. The Bertz CT molecular complexity index is 727. The molecule has 3 rings (SSSR count). The summed E-state index contributed by atoms with van der Waals surface area (Å²) in [6.45, 7) is 5.14. The molecule has 0 radical (unpaired) electrons. The lowest BCUT2D eigenvalue weighted by Gasteiger charge is -2.19. The molecule has 1 aliphatic rings. The van der Waals surface area contributed by atoms with Crippen molar-refractivity contribution in [1.29, 1.82) is 0 Å². The fourth-order valence-electron chi connectivity index (χ4n) is 3.20. The maximum absolute atomic E-state index is 12.2. The van der Waals surface area contributed by atoms with Gasteiger partial charge in [0, 0.05) is 18.9 Å². The maximum Gasteiger partial charge on any atom is 0.321 e. The molecule has 2 aromatic rings. The van der Waals surface area contributed by atoms with Crippen LogP contribution < -0.4 is 15.5 Å². The number of nitrogens with one attached hydrogen (secondary N) is 3. The van der Waals surface area contributed by atoms with Crippen LogP contribution in [0, 0.1) is 0 Å². The first-order valence-electron chi connectivity index (χ1n) is 8.87. The van der Waals surface area contributed by atoms with Crippen molar-refractivity contribution in [3.63, 3.8) is 0 Å². The Morgan fingerprint density at radius 3 is 2.96 bits per heavy atom. The van der Waals surface area contributed by atoms with Crippen molar-refractivity contribution in [1.82, 2.24) is 15.6 Å². The third kappa shape index (κ3) is 4.35. The second-order valence-corrected chi connectivity index (χ2v) is 7.69. The lowest BCUT2D eigenvalue weighted by Crippen LogP contribution is -3.11. The molecule has 25 heavy (non-hydrogen) atoms. The lowest BCUT2D eigenvalue weighted by molar-refractivity contribution is -0.910. The second kappa shape index (κ2) is 7.93. The number of fused-ring (bicyclic) bond motifs is 1. The summed E-state index contributed by atoms with van der Waals surface area (Å²) < 4.78 is 1.18. The van der Waals surface area contributed by atoms with E-state index in [0.29, 0.717) is 6.54 Å². The van der Waals surface area contributed by atoms with Crippen molar-refractivity contribution in [3.8, 4) is 0 Å². The quantitative estimate of drug-likeness (QED) is 0.758. The van der Waals surface area contributed by atoms with Gasteiger partial charge in [0.25, 0.3) is 5.91 Å². The van der Waals surface area contributed by atoms with E-state index in [0.717, 1.165) is 36.3 Å². The molecule has 1 fully saturated rings. The number of urea groups is 1. The molecular weight excluding hydrogens is 336 g/mol. The van der Waals surface area contributed by atoms with Crippen molar-refractivity contribution in [2.75, 3.05) is 13.1 Å². The molecule has 0 spiro atoms. The molecule has 3 N–H and O–H groups in total. The SMILES string of the molecule is CC[C@H](C)NC(=O)NC(=O)C[NH+]1CCC[C@@H]1c1nc2ccccc2s1. The van der Waals surface area contributed by atoms with E-state index in [4.69, 9.17) is 4.98 Å². The Kier molecular flexibility index (Phi) is 5.65. The van der Waals surface area contributed by atoms with Crippen molar-refractivity contribution in [2.45, 2.75) is 45.2 Å². The van der Waals surface area contributed by atoms with Gasteiger partial charge in [-0.3, -0.25) is 10.1 Å². The van der Waals surface area contributed by atoms with Gasteiger partial charge < -0.3 is 10.2 Å². The number of hydrogen-bond donors (Lipinski definition) is 3. The zero-order valence-electron chi connectivity index (χ0n) is 14.7. The number of nitrogens with zero attached hydrogens (tertiary/aromatic N) is 1. The fraction of sp³-hybridized carbons (Fsp3) is 0.500. The molecule has 1 saturated heterocycles. The van der Waals surface area contributed by atoms with Crippen LogP contribution in [0.25, 0.3) is 10.2 Å². The lowest BCUT2D eigenvalue weighted by atomic mass is 10.2. The molecule has 6 nitrogen and oxygen atoms in total. The minimum Gasteiger partial charge on any atom is -0.335 e. The topological polar surface area (TPSA) is 75.5 Å². The minimum absolute atomic E-state index is 0.0578. The Morgan fingerprint density at radius 1 is 1.40 bits per heavy atom. The molecule has 2 heterocycles. The molecule has 0 bridgehead atoms. The number of hydrogen-bond acceptors (Lipinski definition) is 4. The van der Waals surface area contributed by atoms with Gasteiger partial charge in [-0.25, -0.2) is 9.78 Å². The van der Waals surface area contributed by atoms with E-state index in [2.05, 4.69) is 16.7 Å². The number of carbonyl (C=O) groups is 2. The number of likely N-dealkylation sites (tertiary alicyclic amines) is 1. The number of amides is 3. The molecule has 1 aliphatic heterocycles. The first kappa shape index (κ1) is 17.8. The van der Waals surface area contributed by atoms with Crippen LogP contribution >= 0.6 is 11.3 Å². The number of rotatable bonds is 5. The zero-order chi connectivity index (χ0) is 17.8. The predicted octanol–water partition coefficient (Wildman–Crippen LogP) is 1.64. The molecule has 1 unspecified atom stereocenters. The average molecular weight is 361 g/mol. The Morgan fingerprint density at radius 2 is 2.20 bits per heavy atom. The second-order valence-electron chi connectivity index (χ2n) is 6.63. The van der Waals surface area contributed by atoms with E-state index in [9.17, 15) is 9.59 Å². The molecule has 0 saturated carbocycles. The van der Waals surface area contributed by atoms with Gasteiger partial charge in [0.15, 0.2) is 11.6 Å². The zero-order valence-corrected chi connectivity index (χ0v) is 15.5. The van der Waals surface area contributed by atoms with Gasteiger partial charge in [-0.2, -0.15) is 0 Å². The number of quaternary nitrogens is 1. The van der Waals surface area contributed by atoms with Gasteiger partial charge in [0.05, 0.1) is 16.8 Å². The van der Waals surface area contributed by atoms with Gasteiger partial charge in [-0.05, 0) is 25.5 Å². The van der Waals surface area contributed by atoms with Gasteiger partial charge >= 0.3 is 6.03 Å². The van der Waals surface area contributed by atoms with Crippen molar-refractivity contribution < 1.29 is 14.5 Å². The minimum atomic E-state index is -0.408. The maximum atomic E-state index is 12.2. The van der Waals surface area contributed by atoms with Crippen LogP contribution in [-0.4, -0.2) is 36.1 Å². The van der Waals surface area contributed by atoms with E-state index in [1.807, 2.05) is 32.0 Å². The summed E-state index contributed by atoms with van der Waals surface area (Å²) in [5, 5.41) is 6.29. The number of carbonyl (C=O) groups excluding carboxylic acids is 2. The summed E-state index contributed by atoms with van der Waals surface area (Å²) in [6.07, 6.45) is 2.93. The Balaban J connectivity index is 1.61. The molecule has 3 atom stereocenters. The van der Waals surface area contributed by atoms with Crippen molar-refractivity contribution in [2.24, 2.45) is 0 Å². The summed E-state index contributed by atoms with van der Waals surface area (Å²) in [6, 6.07) is 8.01. The summed E-state index contributed by atoms with van der Waals surface area (Å²) in [4.78, 5) is 30.0. The van der Waals surface area contributed by atoms with Crippen LogP contribution in [0.4, 0.5) is 4.79 Å². The van der Waals surface area contributed by atoms with E-state index < -0.39 is 6.03 Å². The molecule has 3 amide bonds. The van der Waals surface area contributed by atoms with Gasteiger partial charge in [-0.15, -0.1) is 11.3 Å². The number of thiazole rings is 1. The number of benzene rings is 1.